The fourth-order valence-corrected chi connectivity index (χ4v) is 3.57. The summed E-state index contributed by atoms with van der Waals surface area (Å²) in [6.45, 7) is -0.0783. The van der Waals surface area contributed by atoms with Gasteiger partial charge in [-0.15, -0.1) is 0 Å². The molecule has 114 valence electrons. The number of primary amides is 1. The molecule has 5 nitrogen and oxygen atoms in total. The first-order valence-electron chi connectivity index (χ1n) is 7.61. The highest BCUT2D eigenvalue weighted by molar-refractivity contribution is 5.75. The van der Waals surface area contributed by atoms with Crippen molar-refractivity contribution >= 4 is 11.6 Å². The van der Waals surface area contributed by atoms with Gasteiger partial charge in [0.15, 0.2) is 6.61 Å². The van der Waals surface area contributed by atoms with Crippen LogP contribution >= 0.6 is 0 Å². The molecule has 2 bridgehead atoms. The van der Waals surface area contributed by atoms with Crippen LogP contribution in [0, 0.1) is 0 Å². The molecule has 0 radical (unpaired) electrons. The van der Waals surface area contributed by atoms with Crippen molar-refractivity contribution in [1.82, 2.24) is 4.90 Å². The Bertz CT molecular complexity index is 489. The molecule has 2 heterocycles. The highest BCUT2D eigenvalue weighted by Gasteiger charge is 2.38. The van der Waals surface area contributed by atoms with Crippen LogP contribution < -0.4 is 15.8 Å². The normalized spacial score (nSPS) is 28.3. The average Bonchev–Trinajstić information content (AvgIpc) is 2.69. The van der Waals surface area contributed by atoms with E-state index in [9.17, 15) is 4.79 Å². The Kier molecular flexibility index (Phi) is 4.01. The second kappa shape index (κ2) is 5.93. The zero-order valence-corrected chi connectivity index (χ0v) is 12.4. The predicted molar refractivity (Wildman–Crippen MR) is 82.3 cm³/mol. The molecule has 0 spiro atoms. The van der Waals surface area contributed by atoms with Gasteiger partial charge in [-0.05, 0) is 57.0 Å². The summed E-state index contributed by atoms with van der Waals surface area (Å²) in [5.74, 6) is 0.210. The van der Waals surface area contributed by atoms with Crippen molar-refractivity contribution in [3.05, 3.63) is 24.3 Å². The molecule has 0 saturated carbocycles. The standard InChI is InChI=1S/C16H23N3O2/c1-19-13-4-5-14(19)9-12(8-13)18-11-2-6-15(7-3-11)21-10-16(17)20/h2-3,6-7,12-14,18H,4-5,8-10H2,1H3,(H2,17,20). The van der Waals surface area contributed by atoms with Gasteiger partial charge in [-0.3, -0.25) is 4.79 Å². The van der Waals surface area contributed by atoms with Crippen molar-refractivity contribution in [1.29, 1.82) is 0 Å². The fraction of sp³-hybridized carbons (Fsp3) is 0.562. The average molecular weight is 289 g/mol. The number of benzene rings is 1. The lowest BCUT2D eigenvalue weighted by molar-refractivity contribution is -0.119. The van der Waals surface area contributed by atoms with Crippen molar-refractivity contribution in [2.75, 3.05) is 19.0 Å². The van der Waals surface area contributed by atoms with Crippen LogP contribution in [0.1, 0.15) is 25.7 Å². The third kappa shape index (κ3) is 3.29. The van der Waals surface area contributed by atoms with Crippen LogP contribution in [0.25, 0.3) is 0 Å². The number of fused-ring (bicyclic) bond motifs is 2. The number of hydrogen-bond donors (Lipinski definition) is 2. The number of piperidine rings is 1. The minimum Gasteiger partial charge on any atom is -0.484 e. The van der Waals surface area contributed by atoms with Crippen molar-refractivity contribution < 1.29 is 9.53 Å². The van der Waals surface area contributed by atoms with Crippen molar-refractivity contribution in [3.63, 3.8) is 0 Å². The van der Waals surface area contributed by atoms with Gasteiger partial charge in [0, 0.05) is 23.8 Å². The van der Waals surface area contributed by atoms with Gasteiger partial charge in [-0.25, -0.2) is 0 Å². The number of anilines is 1. The second-order valence-electron chi connectivity index (χ2n) is 6.14. The van der Waals surface area contributed by atoms with E-state index in [1.54, 1.807) is 0 Å². The summed E-state index contributed by atoms with van der Waals surface area (Å²) >= 11 is 0. The van der Waals surface area contributed by atoms with Gasteiger partial charge in [0.1, 0.15) is 5.75 Å². The molecular weight excluding hydrogens is 266 g/mol. The first-order chi connectivity index (χ1) is 10.1. The quantitative estimate of drug-likeness (QED) is 0.864. The number of ether oxygens (including phenoxy) is 1. The van der Waals surface area contributed by atoms with Gasteiger partial charge < -0.3 is 20.7 Å². The van der Waals surface area contributed by atoms with Crippen LogP contribution in [0.4, 0.5) is 5.69 Å². The molecule has 1 aromatic rings. The Morgan fingerprint density at radius 2 is 1.90 bits per heavy atom. The highest BCUT2D eigenvalue weighted by Crippen LogP contribution is 2.35. The molecule has 2 fully saturated rings. The molecule has 2 saturated heterocycles. The number of hydrogen-bond acceptors (Lipinski definition) is 4. The maximum Gasteiger partial charge on any atom is 0.255 e. The highest BCUT2D eigenvalue weighted by atomic mass is 16.5. The summed E-state index contributed by atoms with van der Waals surface area (Å²) in [4.78, 5) is 13.2. The van der Waals surface area contributed by atoms with Crippen LogP contribution in [0.3, 0.4) is 0 Å². The molecule has 1 aromatic carbocycles. The van der Waals surface area contributed by atoms with Gasteiger partial charge in [0.05, 0.1) is 0 Å². The van der Waals surface area contributed by atoms with Gasteiger partial charge in [0.2, 0.25) is 0 Å². The smallest absolute Gasteiger partial charge is 0.255 e. The molecule has 5 heteroatoms. The number of rotatable bonds is 5. The monoisotopic (exact) mass is 289 g/mol. The van der Waals surface area contributed by atoms with E-state index in [-0.39, 0.29) is 6.61 Å². The van der Waals surface area contributed by atoms with E-state index in [0.717, 1.165) is 17.8 Å². The minimum atomic E-state index is -0.459. The van der Waals surface area contributed by atoms with E-state index in [0.29, 0.717) is 11.8 Å². The molecule has 1 amide bonds. The lowest BCUT2D eigenvalue weighted by atomic mass is 9.98. The SMILES string of the molecule is CN1C2CCC1CC(Nc1ccc(OCC(N)=O)cc1)C2. The molecule has 0 aliphatic carbocycles. The summed E-state index contributed by atoms with van der Waals surface area (Å²) < 4.78 is 5.26. The lowest BCUT2D eigenvalue weighted by Crippen LogP contribution is -2.44. The van der Waals surface area contributed by atoms with Crippen molar-refractivity contribution in [2.24, 2.45) is 5.73 Å². The van der Waals surface area contributed by atoms with E-state index in [1.807, 2.05) is 24.3 Å². The number of nitrogens with two attached hydrogens (primary N) is 1. The first-order valence-corrected chi connectivity index (χ1v) is 7.61. The Labute approximate surface area is 125 Å². The van der Waals surface area contributed by atoms with Crippen LogP contribution in [0.5, 0.6) is 5.75 Å². The number of amides is 1. The molecule has 3 rings (SSSR count). The first kappa shape index (κ1) is 14.2. The van der Waals surface area contributed by atoms with E-state index >= 15 is 0 Å². The number of nitrogens with zero attached hydrogens (tertiary/aromatic N) is 1. The van der Waals surface area contributed by atoms with E-state index in [4.69, 9.17) is 10.5 Å². The van der Waals surface area contributed by atoms with Crippen LogP contribution in [-0.2, 0) is 4.79 Å². The van der Waals surface area contributed by atoms with Crippen LogP contribution in [0.2, 0.25) is 0 Å². The molecular formula is C16H23N3O2. The van der Waals surface area contributed by atoms with Crippen LogP contribution in [-0.4, -0.2) is 42.6 Å². The minimum absolute atomic E-state index is 0.0783. The van der Waals surface area contributed by atoms with Crippen molar-refractivity contribution in [3.8, 4) is 5.75 Å². The summed E-state index contributed by atoms with van der Waals surface area (Å²) in [5.41, 5.74) is 6.16. The Balaban J connectivity index is 1.55. The third-order valence-electron chi connectivity index (χ3n) is 4.70. The van der Waals surface area contributed by atoms with E-state index in [2.05, 4.69) is 17.3 Å². The lowest BCUT2D eigenvalue weighted by Gasteiger charge is -2.37. The Hall–Kier alpha value is -1.75. The summed E-state index contributed by atoms with van der Waals surface area (Å²) in [5, 5.41) is 3.62. The van der Waals surface area contributed by atoms with Gasteiger partial charge in [0.25, 0.3) is 5.91 Å². The molecule has 2 aliphatic rings. The van der Waals surface area contributed by atoms with Crippen molar-refractivity contribution in [2.45, 2.75) is 43.8 Å². The van der Waals surface area contributed by atoms with Gasteiger partial charge in [-0.1, -0.05) is 0 Å². The zero-order chi connectivity index (χ0) is 14.8. The largest absolute Gasteiger partial charge is 0.484 e. The summed E-state index contributed by atoms with van der Waals surface area (Å²) in [6, 6.07) is 9.76. The molecule has 2 unspecified atom stereocenters. The molecule has 2 atom stereocenters. The Morgan fingerprint density at radius 3 is 2.48 bits per heavy atom. The zero-order valence-electron chi connectivity index (χ0n) is 12.4. The molecule has 2 aliphatic heterocycles. The molecule has 3 N–H and O–H groups in total. The molecule has 21 heavy (non-hydrogen) atoms. The predicted octanol–water partition coefficient (Wildman–Crippen LogP) is 1.59. The third-order valence-corrected chi connectivity index (χ3v) is 4.70. The van der Waals surface area contributed by atoms with E-state index < -0.39 is 5.91 Å². The number of nitrogens with one attached hydrogen (secondary N) is 1. The fourth-order valence-electron chi connectivity index (χ4n) is 3.57. The van der Waals surface area contributed by atoms with Gasteiger partial charge >= 0.3 is 0 Å². The second-order valence-corrected chi connectivity index (χ2v) is 6.14. The topological polar surface area (TPSA) is 67.6 Å². The Morgan fingerprint density at radius 1 is 1.29 bits per heavy atom. The summed E-state index contributed by atoms with van der Waals surface area (Å²) in [7, 11) is 2.25. The van der Waals surface area contributed by atoms with E-state index in [1.165, 1.54) is 25.7 Å². The number of carbonyl (C=O) groups is 1. The molecule has 0 aromatic heterocycles. The maximum atomic E-state index is 10.7. The van der Waals surface area contributed by atoms with Gasteiger partial charge in [-0.2, -0.15) is 0 Å². The summed E-state index contributed by atoms with van der Waals surface area (Å²) in [6.07, 6.45) is 5.10. The van der Waals surface area contributed by atoms with Crippen LogP contribution in [0.15, 0.2) is 24.3 Å². The maximum absolute atomic E-state index is 10.7. The number of carbonyl (C=O) groups excluding carboxylic acids is 1.